The number of rotatable bonds is 13. The molecule has 2 N–H and O–H groups in total. The Bertz CT molecular complexity index is 1050. The van der Waals surface area contributed by atoms with Crippen LogP contribution < -0.4 is 10.6 Å². The molecule has 11 nitrogen and oxygen atoms in total. The zero-order valence-electron chi connectivity index (χ0n) is 23.8. The summed E-state index contributed by atoms with van der Waals surface area (Å²) in [6, 6.07) is 2.27. The van der Waals surface area contributed by atoms with Crippen molar-refractivity contribution in [3.8, 4) is 6.07 Å². The van der Waals surface area contributed by atoms with Crippen LogP contribution in [-0.2, 0) is 9.53 Å². The van der Waals surface area contributed by atoms with Gasteiger partial charge in [-0.3, -0.25) is 24.7 Å². The molecule has 2 amide bonds. The van der Waals surface area contributed by atoms with E-state index in [9.17, 15) is 29.4 Å². The fourth-order valence-corrected chi connectivity index (χ4v) is 4.09. The van der Waals surface area contributed by atoms with Crippen molar-refractivity contribution in [3.63, 3.8) is 0 Å². The second-order valence-corrected chi connectivity index (χ2v) is 9.04. The topological polar surface area (TPSA) is 141 Å². The second kappa shape index (κ2) is 17.6. The monoisotopic (exact) mass is 560 g/mol. The van der Waals surface area contributed by atoms with Gasteiger partial charge >= 0.3 is 6.09 Å². The summed E-state index contributed by atoms with van der Waals surface area (Å²) in [7, 11) is 0. The van der Waals surface area contributed by atoms with Crippen molar-refractivity contribution < 1.29 is 23.6 Å². The molecule has 2 fully saturated rings. The molecule has 0 spiro atoms. The van der Waals surface area contributed by atoms with Gasteiger partial charge in [0.05, 0.1) is 24.1 Å². The van der Waals surface area contributed by atoms with Gasteiger partial charge in [0.15, 0.2) is 0 Å². The van der Waals surface area contributed by atoms with Crippen LogP contribution in [0.2, 0.25) is 0 Å². The number of allylic oxidation sites excluding steroid dienone is 5. The maximum atomic E-state index is 14.8. The number of piperidine rings is 1. The molecule has 2 heterocycles. The number of likely N-dealkylation sites (tertiary alicyclic amines) is 1. The van der Waals surface area contributed by atoms with E-state index < -0.39 is 22.7 Å². The van der Waals surface area contributed by atoms with Crippen LogP contribution in [0, 0.1) is 21.4 Å². The first-order valence-corrected chi connectivity index (χ1v) is 13.4. The minimum absolute atomic E-state index is 0.0840. The molecule has 12 heteroatoms. The van der Waals surface area contributed by atoms with Crippen LogP contribution in [0.1, 0.15) is 53.4 Å². The van der Waals surface area contributed by atoms with E-state index >= 15 is 0 Å². The van der Waals surface area contributed by atoms with Gasteiger partial charge in [-0.2, -0.15) is 5.26 Å². The van der Waals surface area contributed by atoms with E-state index in [1.807, 2.05) is 31.7 Å². The number of nitro groups is 1. The molecule has 220 valence electrons. The molecule has 0 aromatic rings. The number of nitrogens with one attached hydrogen (secondary N) is 2. The van der Waals surface area contributed by atoms with Crippen LogP contribution >= 0.6 is 0 Å². The number of ether oxygens (including phenoxy) is 1. The molecule has 2 aliphatic heterocycles. The molecule has 2 rings (SSSR count). The van der Waals surface area contributed by atoms with Crippen molar-refractivity contribution in [1.82, 2.24) is 20.4 Å². The molecule has 0 aromatic carbocycles. The predicted molar refractivity (Wildman–Crippen MR) is 151 cm³/mol. The van der Waals surface area contributed by atoms with Crippen molar-refractivity contribution >= 4 is 12.0 Å². The van der Waals surface area contributed by atoms with Gasteiger partial charge in [-0.1, -0.05) is 33.4 Å². The maximum Gasteiger partial charge on any atom is 0.414 e. The summed E-state index contributed by atoms with van der Waals surface area (Å²) < 4.78 is 20.1. The van der Waals surface area contributed by atoms with Gasteiger partial charge < -0.3 is 15.4 Å². The number of carbonyl (C=O) groups excluding carboxylic acids is 2. The Morgan fingerprint density at radius 1 is 1.35 bits per heavy atom. The van der Waals surface area contributed by atoms with E-state index in [2.05, 4.69) is 23.3 Å². The lowest BCUT2D eigenvalue weighted by atomic mass is 9.89. The minimum atomic E-state index is -0.842. The lowest BCUT2D eigenvalue weighted by molar-refractivity contribution is -0.418. The molecule has 0 bridgehead atoms. The Balaban J connectivity index is 0.00000391. The number of carbonyl (C=O) groups is 2. The third kappa shape index (κ3) is 11.0. The van der Waals surface area contributed by atoms with Crippen LogP contribution in [-0.4, -0.2) is 71.1 Å². The van der Waals surface area contributed by atoms with Crippen molar-refractivity contribution in [2.45, 2.75) is 65.0 Å². The van der Waals surface area contributed by atoms with Crippen LogP contribution in [0.25, 0.3) is 0 Å². The Labute approximate surface area is 235 Å². The molecule has 0 aromatic heterocycles. The molecule has 0 aliphatic carbocycles. The number of cyclic esters (lactones) is 1. The lowest BCUT2D eigenvalue weighted by Crippen LogP contribution is -2.50. The summed E-state index contributed by atoms with van der Waals surface area (Å²) in [6.45, 7) is 12.2. The summed E-state index contributed by atoms with van der Waals surface area (Å²) in [5.41, 5.74) is -0.360. The number of halogens is 1. The zero-order chi connectivity index (χ0) is 30.1. The van der Waals surface area contributed by atoms with Gasteiger partial charge in [0.25, 0.3) is 5.70 Å². The number of nitrogens with zero attached hydrogens (tertiary/aromatic N) is 4. The summed E-state index contributed by atoms with van der Waals surface area (Å²) in [6.07, 6.45) is 9.45. The fraction of sp³-hybridized carbons (Fsp3) is 0.536. The van der Waals surface area contributed by atoms with Gasteiger partial charge in [0.2, 0.25) is 5.91 Å². The van der Waals surface area contributed by atoms with E-state index in [0.717, 1.165) is 6.08 Å². The van der Waals surface area contributed by atoms with Gasteiger partial charge in [-0.05, 0) is 37.6 Å². The zero-order valence-corrected chi connectivity index (χ0v) is 23.8. The average Bonchev–Trinajstić information content (AvgIpc) is 3.32. The Morgan fingerprint density at radius 3 is 2.58 bits per heavy atom. The highest BCUT2D eigenvalue weighted by Gasteiger charge is 2.35. The fourth-order valence-electron chi connectivity index (χ4n) is 4.09. The van der Waals surface area contributed by atoms with E-state index in [1.54, 1.807) is 0 Å². The highest BCUT2D eigenvalue weighted by Crippen LogP contribution is 2.24. The normalized spacial score (nSPS) is 19.8. The summed E-state index contributed by atoms with van der Waals surface area (Å²) in [4.78, 5) is 37.1. The van der Waals surface area contributed by atoms with Gasteiger partial charge in [-0.15, -0.1) is 0 Å². The minimum Gasteiger partial charge on any atom is -0.442 e. The third-order valence-electron chi connectivity index (χ3n) is 6.21. The predicted octanol–water partition coefficient (Wildman–Crippen LogP) is 4.31. The van der Waals surface area contributed by atoms with Crippen molar-refractivity contribution in [3.05, 3.63) is 70.5 Å². The average molecular weight is 561 g/mol. The van der Waals surface area contributed by atoms with Gasteiger partial charge in [0, 0.05) is 50.8 Å². The standard InChI is InChI=1S/C26H35FN6O5.C2H6/c1-4-7-23(32-18-24(38-25(32)35)16-29-20(3)34)10-9-21(27)17-31-14-11-26(19-28,12-15-31)30-13-6-8-22(5-2)33(36)37;1-2/h5-9,13,24,30H,2,4,10-12,14-18H2,1,3H3,(H,29,34);1-2H3/b13-6+,21-9+,22-8+,23-7+;. The summed E-state index contributed by atoms with van der Waals surface area (Å²) in [5, 5.41) is 26.2. The Kier molecular flexibility index (Phi) is 15.0. The van der Waals surface area contributed by atoms with Crippen LogP contribution in [0.5, 0.6) is 0 Å². The van der Waals surface area contributed by atoms with E-state index in [1.165, 1.54) is 36.3 Å². The summed E-state index contributed by atoms with van der Waals surface area (Å²) in [5.74, 6) is -0.550. The number of hydrogen-bond acceptors (Lipinski definition) is 8. The molecule has 0 radical (unpaired) electrons. The van der Waals surface area contributed by atoms with E-state index in [0.29, 0.717) is 38.0 Å². The van der Waals surface area contributed by atoms with Crippen LogP contribution in [0.4, 0.5) is 9.18 Å². The first-order chi connectivity index (χ1) is 19.1. The largest absolute Gasteiger partial charge is 0.442 e. The molecule has 2 aliphatic rings. The van der Waals surface area contributed by atoms with Gasteiger partial charge in [0.1, 0.15) is 17.5 Å². The number of nitriles is 1. The van der Waals surface area contributed by atoms with E-state index in [4.69, 9.17) is 4.74 Å². The smallest absolute Gasteiger partial charge is 0.414 e. The molecule has 40 heavy (non-hydrogen) atoms. The lowest BCUT2D eigenvalue weighted by Gasteiger charge is -2.37. The molecule has 1 atom stereocenters. The van der Waals surface area contributed by atoms with Crippen molar-refractivity contribution in [1.29, 1.82) is 5.26 Å². The van der Waals surface area contributed by atoms with Crippen molar-refractivity contribution in [2.24, 2.45) is 0 Å². The molecule has 0 saturated carbocycles. The van der Waals surface area contributed by atoms with Crippen molar-refractivity contribution in [2.75, 3.05) is 32.7 Å². The van der Waals surface area contributed by atoms with E-state index in [-0.39, 0.29) is 43.5 Å². The van der Waals surface area contributed by atoms with Crippen LogP contribution in [0.15, 0.2) is 60.4 Å². The molecular weight excluding hydrogens is 519 g/mol. The molecular formula is C28H41FN6O5. The quantitative estimate of drug-likeness (QED) is 0.193. The highest BCUT2D eigenvalue weighted by atomic mass is 19.1. The Hall–Kier alpha value is -3.98. The Morgan fingerprint density at radius 2 is 2.02 bits per heavy atom. The molecule has 1 unspecified atom stereocenters. The maximum absolute atomic E-state index is 14.8. The summed E-state index contributed by atoms with van der Waals surface area (Å²) >= 11 is 0. The highest BCUT2D eigenvalue weighted by molar-refractivity contribution is 5.74. The molecule has 2 saturated heterocycles. The third-order valence-corrected chi connectivity index (χ3v) is 6.21. The van der Waals surface area contributed by atoms with Crippen LogP contribution in [0.3, 0.4) is 0 Å². The second-order valence-electron chi connectivity index (χ2n) is 9.04. The first kappa shape index (κ1) is 34.0. The SMILES string of the molecule is C=C/C(=C\C=C\NC1(C#N)CCN(C/C(F)=C\C/C(=C\CC)N2CC(CNC(C)=O)OC2=O)CC1)[N+](=O)[O-].CC. The van der Waals surface area contributed by atoms with Gasteiger partial charge in [-0.25, -0.2) is 9.18 Å². The first-order valence-electron chi connectivity index (χ1n) is 13.4. The number of amides is 2. The number of hydrogen-bond donors (Lipinski definition) is 2.